The maximum absolute atomic E-state index is 5.95. The van der Waals surface area contributed by atoms with Crippen LogP contribution in [0.4, 0.5) is 0 Å². The second-order valence-corrected chi connectivity index (χ2v) is 5.83. The monoisotopic (exact) mass is 293 g/mol. The highest BCUT2D eigenvalue weighted by Gasteiger charge is 2.21. The number of fused-ring (bicyclic) bond motifs is 1. The quantitative estimate of drug-likeness (QED) is 0.733. The van der Waals surface area contributed by atoms with Gasteiger partial charge in [0.1, 0.15) is 11.3 Å². The van der Waals surface area contributed by atoms with E-state index in [0.29, 0.717) is 17.8 Å². The Morgan fingerprint density at radius 2 is 1.90 bits per heavy atom. The molecule has 0 radical (unpaired) electrons. The number of imidazole rings is 1. The number of nitrogens with zero attached hydrogens (tertiary/aromatic N) is 3. The zero-order chi connectivity index (χ0) is 14.7. The molecule has 0 bridgehead atoms. The van der Waals surface area contributed by atoms with E-state index in [9.17, 15) is 0 Å². The molecule has 2 heterocycles. The molecule has 2 aromatic heterocycles. The van der Waals surface area contributed by atoms with Gasteiger partial charge in [0.05, 0.1) is 0 Å². The maximum Gasteiger partial charge on any atom is 0.160 e. The summed E-state index contributed by atoms with van der Waals surface area (Å²) in [6.45, 7) is 8.81. The molecular formula is C16H24ClN3. The minimum atomic E-state index is 0.405. The Hall–Kier alpha value is -1.09. The van der Waals surface area contributed by atoms with Crippen LogP contribution in [-0.2, 0) is 6.42 Å². The number of aromatic nitrogens is 3. The summed E-state index contributed by atoms with van der Waals surface area (Å²) in [6.07, 6.45) is 3.13. The van der Waals surface area contributed by atoms with Crippen LogP contribution in [-0.4, -0.2) is 20.4 Å². The number of aryl methyl sites for hydroxylation is 2. The molecule has 0 N–H and O–H groups in total. The van der Waals surface area contributed by atoms with E-state index in [0.717, 1.165) is 29.1 Å². The third-order valence-corrected chi connectivity index (χ3v) is 4.39. The van der Waals surface area contributed by atoms with Gasteiger partial charge >= 0.3 is 0 Å². The van der Waals surface area contributed by atoms with Crippen molar-refractivity contribution < 1.29 is 0 Å². The SMILES string of the molecule is CCC(CC)C(C)n1c(CCCl)nc2ccc(C)nc21. The van der Waals surface area contributed by atoms with Gasteiger partial charge in [-0.25, -0.2) is 9.97 Å². The fraction of sp³-hybridized carbons (Fsp3) is 0.625. The van der Waals surface area contributed by atoms with Crippen LogP contribution in [0.15, 0.2) is 12.1 Å². The Morgan fingerprint density at radius 3 is 2.50 bits per heavy atom. The average Bonchev–Trinajstić information content (AvgIpc) is 2.77. The molecule has 20 heavy (non-hydrogen) atoms. The highest BCUT2D eigenvalue weighted by Crippen LogP contribution is 2.29. The molecule has 0 fully saturated rings. The van der Waals surface area contributed by atoms with Crippen LogP contribution < -0.4 is 0 Å². The predicted molar refractivity (Wildman–Crippen MR) is 85.5 cm³/mol. The maximum atomic E-state index is 5.95. The van der Waals surface area contributed by atoms with Crippen molar-refractivity contribution in [1.29, 1.82) is 0 Å². The summed E-state index contributed by atoms with van der Waals surface area (Å²) in [7, 11) is 0. The molecule has 0 amide bonds. The van der Waals surface area contributed by atoms with Gasteiger partial charge in [0.25, 0.3) is 0 Å². The lowest BCUT2D eigenvalue weighted by Gasteiger charge is -2.24. The lowest BCUT2D eigenvalue weighted by atomic mass is 9.95. The molecule has 0 aromatic carbocycles. The highest BCUT2D eigenvalue weighted by atomic mass is 35.5. The summed E-state index contributed by atoms with van der Waals surface area (Å²) in [6, 6.07) is 4.49. The van der Waals surface area contributed by atoms with Gasteiger partial charge in [0.15, 0.2) is 5.65 Å². The molecule has 0 saturated carbocycles. The molecule has 1 atom stereocenters. The van der Waals surface area contributed by atoms with Crippen LogP contribution in [0, 0.1) is 12.8 Å². The average molecular weight is 294 g/mol. The van der Waals surface area contributed by atoms with Gasteiger partial charge in [-0.1, -0.05) is 26.7 Å². The molecular weight excluding hydrogens is 270 g/mol. The molecule has 4 heteroatoms. The van der Waals surface area contributed by atoms with Gasteiger partial charge in [-0.15, -0.1) is 11.6 Å². The van der Waals surface area contributed by atoms with Crippen molar-refractivity contribution in [2.45, 2.75) is 53.0 Å². The van der Waals surface area contributed by atoms with E-state index in [2.05, 4.69) is 31.4 Å². The summed E-state index contributed by atoms with van der Waals surface area (Å²) < 4.78 is 2.31. The first-order valence-corrected chi connectivity index (χ1v) is 8.06. The van der Waals surface area contributed by atoms with E-state index in [1.807, 2.05) is 13.0 Å². The summed E-state index contributed by atoms with van der Waals surface area (Å²) in [5.74, 6) is 2.30. The summed E-state index contributed by atoms with van der Waals surface area (Å²) >= 11 is 5.95. The summed E-state index contributed by atoms with van der Waals surface area (Å²) in [5, 5.41) is 0. The van der Waals surface area contributed by atoms with Gasteiger partial charge in [0.2, 0.25) is 0 Å². The largest absolute Gasteiger partial charge is 0.310 e. The molecule has 0 aliphatic carbocycles. The fourth-order valence-corrected chi connectivity index (χ4v) is 3.15. The molecule has 2 aromatic rings. The molecule has 0 aliphatic rings. The van der Waals surface area contributed by atoms with Crippen molar-refractivity contribution in [2.24, 2.45) is 5.92 Å². The van der Waals surface area contributed by atoms with Crippen LogP contribution in [0.3, 0.4) is 0 Å². The van der Waals surface area contributed by atoms with E-state index < -0.39 is 0 Å². The molecule has 3 nitrogen and oxygen atoms in total. The van der Waals surface area contributed by atoms with E-state index in [1.165, 1.54) is 12.8 Å². The first-order valence-electron chi connectivity index (χ1n) is 7.52. The fourth-order valence-electron chi connectivity index (χ4n) is 2.99. The van der Waals surface area contributed by atoms with E-state index in [4.69, 9.17) is 21.6 Å². The zero-order valence-electron chi connectivity index (χ0n) is 12.9. The molecule has 0 aliphatic heterocycles. The second kappa shape index (κ2) is 6.57. The molecule has 2 rings (SSSR count). The van der Waals surface area contributed by atoms with Gasteiger partial charge < -0.3 is 4.57 Å². The standard InChI is InChI=1S/C16H24ClN3/c1-5-13(6-2)12(4)20-15(9-10-17)19-14-8-7-11(3)18-16(14)20/h7-8,12-13H,5-6,9-10H2,1-4H3. The lowest BCUT2D eigenvalue weighted by Crippen LogP contribution is -2.18. The van der Waals surface area contributed by atoms with E-state index in [-0.39, 0.29) is 0 Å². The molecule has 0 saturated heterocycles. The predicted octanol–water partition coefficient (Wildman–Crippen LogP) is 4.52. The number of hydrogen-bond acceptors (Lipinski definition) is 2. The Kier molecular flexibility index (Phi) is 5.03. The molecule has 0 spiro atoms. The van der Waals surface area contributed by atoms with Crippen molar-refractivity contribution in [3.8, 4) is 0 Å². The summed E-state index contributed by atoms with van der Waals surface area (Å²) in [5.41, 5.74) is 3.02. The van der Waals surface area contributed by atoms with Crippen LogP contribution in [0.2, 0.25) is 0 Å². The lowest BCUT2D eigenvalue weighted by molar-refractivity contribution is 0.332. The third-order valence-electron chi connectivity index (χ3n) is 4.21. The molecule has 110 valence electrons. The first kappa shape index (κ1) is 15.3. The van der Waals surface area contributed by atoms with Gasteiger partial charge in [-0.05, 0) is 31.9 Å². The van der Waals surface area contributed by atoms with Crippen molar-refractivity contribution >= 4 is 22.8 Å². The Labute approximate surface area is 126 Å². The van der Waals surface area contributed by atoms with E-state index >= 15 is 0 Å². The number of alkyl halides is 1. The van der Waals surface area contributed by atoms with Crippen LogP contribution in [0.1, 0.15) is 51.2 Å². The number of rotatable bonds is 6. The van der Waals surface area contributed by atoms with Crippen molar-refractivity contribution in [2.75, 3.05) is 5.88 Å². The summed E-state index contributed by atoms with van der Waals surface area (Å²) in [4.78, 5) is 9.44. The number of pyridine rings is 1. The van der Waals surface area contributed by atoms with Crippen LogP contribution in [0.25, 0.3) is 11.2 Å². The van der Waals surface area contributed by atoms with Crippen LogP contribution >= 0.6 is 11.6 Å². The first-order chi connectivity index (χ1) is 9.62. The molecule has 1 unspecified atom stereocenters. The van der Waals surface area contributed by atoms with Gasteiger partial charge in [-0.2, -0.15) is 0 Å². The number of hydrogen-bond donors (Lipinski definition) is 0. The van der Waals surface area contributed by atoms with Crippen molar-refractivity contribution in [3.63, 3.8) is 0 Å². The minimum Gasteiger partial charge on any atom is -0.310 e. The third kappa shape index (κ3) is 2.83. The Morgan fingerprint density at radius 1 is 1.20 bits per heavy atom. The van der Waals surface area contributed by atoms with Gasteiger partial charge in [0, 0.05) is 24.0 Å². The Balaban J connectivity index is 2.57. The minimum absolute atomic E-state index is 0.405. The van der Waals surface area contributed by atoms with Crippen molar-refractivity contribution in [1.82, 2.24) is 14.5 Å². The number of halogens is 1. The van der Waals surface area contributed by atoms with Crippen molar-refractivity contribution in [3.05, 3.63) is 23.7 Å². The smallest absolute Gasteiger partial charge is 0.160 e. The van der Waals surface area contributed by atoms with Crippen LogP contribution in [0.5, 0.6) is 0 Å². The van der Waals surface area contributed by atoms with Gasteiger partial charge in [-0.3, -0.25) is 0 Å². The normalized spacial score (nSPS) is 13.3. The topological polar surface area (TPSA) is 30.7 Å². The van der Waals surface area contributed by atoms with E-state index in [1.54, 1.807) is 0 Å². The zero-order valence-corrected chi connectivity index (χ0v) is 13.6. The highest BCUT2D eigenvalue weighted by molar-refractivity contribution is 6.17. The second-order valence-electron chi connectivity index (χ2n) is 5.45. The Bertz CT molecular complexity index is 572.